The SMILES string of the molecule is CCN(CCCNS(=O)(=O)c1ccc2c(c1)CCN2C(=O)C1CC1)c1ccccc1. The molecule has 0 unspecified atom stereocenters. The van der Waals surface area contributed by atoms with E-state index in [9.17, 15) is 13.2 Å². The van der Waals surface area contributed by atoms with E-state index >= 15 is 0 Å². The van der Waals surface area contributed by atoms with E-state index in [1.54, 1.807) is 18.2 Å². The lowest BCUT2D eigenvalue weighted by Crippen LogP contribution is -2.30. The lowest BCUT2D eigenvalue weighted by molar-refractivity contribution is -0.119. The van der Waals surface area contributed by atoms with Crippen LogP contribution in [0.4, 0.5) is 11.4 Å². The molecular weight excluding hydrogens is 398 g/mol. The number of fused-ring (bicyclic) bond motifs is 1. The van der Waals surface area contributed by atoms with Crippen molar-refractivity contribution in [1.29, 1.82) is 0 Å². The highest BCUT2D eigenvalue weighted by Crippen LogP contribution is 2.37. The summed E-state index contributed by atoms with van der Waals surface area (Å²) in [5.74, 6) is 0.348. The summed E-state index contributed by atoms with van der Waals surface area (Å²) in [6.07, 6.45) is 3.37. The van der Waals surface area contributed by atoms with Gasteiger partial charge in [0, 0.05) is 43.5 Å². The molecule has 6 nitrogen and oxygen atoms in total. The summed E-state index contributed by atoms with van der Waals surface area (Å²) in [7, 11) is -3.56. The van der Waals surface area contributed by atoms with Crippen molar-refractivity contribution < 1.29 is 13.2 Å². The van der Waals surface area contributed by atoms with E-state index in [0.29, 0.717) is 19.5 Å². The number of rotatable bonds is 9. The maximum absolute atomic E-state index is 12.7. The standard InChI is InChI=1S/C23H29N3O3S/c1-2-25(20-7-4-3-5-8-20)15-6-14-24-30(28,29)21-11-12-22-19(17-21)13-16-26(22)23(27)18-9-10-18/h3-5,7-8,11-12,17-18,24H,2,6,9-10,13-16H2,1H3. The zero-order valence-electron chi connectivity index (χ0n) is 17.4. The van der Waals surface area contributed by atoms with Crippen molar-refractivity contribution in [1.82, 2.24) is 4.72 Å². The summed E-state index contributed by atoms with van der Waals surface area (Å²) < 4.78 is 28.2. The van der Waals surface area contributed by atoms with Crippen LogP contribution < -0.4 is 14.5 Å². The van der Waals surface area contributed by atoms with E-state index in [1.165, 1.54) is 0 Å². The minimum absolute atomic E-state index is 0.166. The number of benzene rings is 2. The third kappa shape index (κ3) is 4.52. The Morgan fingerprint density at radius 2 is 1.93 bits per heavy atom. The monoisotopic (exact) mass is 427 g/mol. The highest BCUT2D eigenvalue weighted by molar-refractivity contribution is 7.89. The largest absolute Gasteiger partial charge is 0.372 e. The number of para-hydroxylation sites is 1. The van der Waals surface area contributed by atoms with Crippen LogP contribution in [0.1, 0.15) is 31.7 Å². The molecule has 30 heavy (non-hydrogen) atoms. The molecule has 0 saturated heterocycles. The number of carbonyl (C=O) groups excluding carboxylic acids is 1. The van der Waals surface area contributed by atoms with E-state index in [2.05, 4.69) is 28.7 Å². The fourth-order valence-electron chi connectivity index (χ4n) is 3.99. The number of sulfonamides is 1. The van der Waals surface area contributed by atoms with E-state index in [4.69, 9.17) is 0 Å². The second kappa shape index (κ2) is 8.78. The molecule has 1 amide bonds. The molecule has 0 spiro atoms. The van der Waals surface area contributed by atoms with E-state index in [1.807, 2.05) is 23.1 Å². The Morgan fingerprint density at radius 3 is 2.63 bits per heavy atom. The Morgan fingerprint density at radius 1 is 1.17 bits per heavy atom. The predicted octanol–water partition coefficient (Wildman–Crippen LogP) is 3.18. The first-order valence-corrected chi connectivity index (χ1v) is 12.2. The van der Waals surface area contributed by atoms with Crippen LogP contribution in [0.3, 0.4) is 0 Å². The Kier molecular flexibility index (Phi) is 6.11. The zero-order chi connectivity index (χ0) is 21.1. The van der Waals surface area contributed by atoms with Crippen molar-refractivity contribution in [3.8, 4) is 0 Å². The topological polar surface area (TPSA) is 69.7 Å². The summed E-state index contributed by atoms with van der Waals surface area (Å²) in [4.78, 5) is 16.7. The maximum Gasteiger partial charge on any atom is 0.240 e. The Bertz CT molecular complexity index is 1000. The van der Waals surface area contributed by atoms with Crippen molar-refractivity contribution in [2.45, 2.75) is 37.5 Å². The maximum atomic E-state index is 12.7. The molecule has 2 aromatic carbocycles. The number of amides is 1. The van der Waals surface area contributed by atoms with Crippen LogP contribution in [0.2, 0.25) is 0 Å². The van der Waals surface area contributed by atoms with Crippen LogP contribution in [0.25, 0.3) is 0 Å². The molecule has 4 rings (SSSR count). The van der Waals surface area contributed by atoms with Gasteiger partial charge in [-0.1, -0.05) is 18.2 Å². The summed E-state index contributed by atoms with van der Waals surface area (Å²) in [5.41, 5.74) is 2.95. The molecule has 0 atom stereocenters. The number of anilines is 2. The lowest BCUT2D eigenvalue weighted by atomic mass is 10.2. The van der Waals surface area contributed by atoms with Crippen LogP contribution in [-0.2, 0) is 21.2 Å². The summed E-state index contributed by atoms with van der Waals surface area (Å²) >= 11 is 0. The fraction of sp³-hybridized carbons (Fsp3) is 0.435. The molecule has 160 valence electrons. The van der Waals surface area contributed by atoms with Crippen LogP contribution in [0.5, 0.6) is 0 Å². The Labute approximate surface area is 178 Å². The molecular formula is C23H29N3O3S. The molecule has 0 radical (unpaired) electrons. The quantitative estimate of drug-likeness (QED) is 0.624. The van der Waals surface area contributed by atoms with Gasteiger partial charge in [-0.15, -0.1) is 0 Å². The predicted molar refractivity (Wildman–Crippen MR) is 119 cm³/mol. The summed E-state index contributed by atoms with van der Waals surface area (Å²) in [6.45, 7) is 4.78. The molecule has 1 aliphatic heterocycles. The highest BCUT2D eigenvalue weighted by Gasteiger charge is 2.36. The number of hydrogen-bond acceptors (Lipinski definition) is 4. The lowest BCUT2D eigenvalue weighted by Gasteiger charge is -2.23. The van der Waals surface area contributed by atoms with E-state index in [-0.39, 0.29) is 16.7 Å². The zero-order valence-corrected chi connectivity index (χ0v) is 18.2. The molecule has 7 heteroatoms. The van der Waals surface area contributed by atoms with Gasteiger partial charge in [-0.05, 0) is 68.5 Å². The van der Waals surface area contributed by atoms with E-state index < -0.39 is 10.0 Å². The van der Waals surface area contributed by atoms with Gasteiger partial charge in [-0.25, -0.2) is 13.1 Å². The van der Waals surface area contributed by atoms with Crippen LogP contribution in [0, 0.1) is 5.92 Å². The van der Waals surface area contributed by atoms with Crippen molar-refractivity contribution in [3.63, 3.8) is 0 Å². The van der Waals surface area contributed by atoms with Gasteiger partial charge >= 0.3 is 0 Å². The molecule has 2 aliphatic rings. The number of nitrogens with zero attached hydrogens (tertiary/aromatic N) is 2. The Balaban J connectivity index is 1.34. The van der Waals surface area contributed by atoms with Gasteiger partial charge in [-0.3, -0.25) is 4.79 Å². The first-order valence-electron chi connectivity index (χ1n) is 10.7. The van der Waals surface area contributed by atoms with Gasteiger partial charge < -0.3 is 9.80 Å². The van der Waals surface area contributed by atoms with Crippen LogP contribution >= 0.6 is 0 Å². The highest BCUT2D eigenvalue weighted by atomic mass is 32.2. The molecule has 1 saturated carbocycles. The molecule has 1 aliphatic carbocycles. The number of nitrogens with one attached hydrogen (secondary N) is 1. The van der Waals surface area contributed by atoms with Crippen molar-refractivity contribution in [2.24, 2.45) is 5.92 Å². The smallest absolute Gasteiger partial charge is 0.240 e. The summed E-state index contributed by atoms with van der Waals surface area (Å²) in [5, 5.41) is 0. The van der Waals surface area contributed by atoms with Crippen molar-refractivity contribution in [3.05, 3.63) is 54.1 Å². The molecule has 0 bridgehead atoms. The molecule has 0 aromatic heterocycles. The first-order chi connectivity index (χ1) is 14.5. The van der Waals surface area contributed by atoms with Crippen LogP contribution in [-0.4, -0.2) is 40.5 Å². The minimum Gasteiger partial charge on any atom is -0.372 e. The van der Waals surface area contributed by atoms with Crippen molar-refractivity contribution in [2.75, 3.05) is 36.0 Å². The van der Waals surface area contributed by atoms with E-state index in [0.717, 1.165) is 49.3 Å². The van der Waals surface area contributed by atoms with Gasteiger partial charge in [0.05, 0.1) is 4.90 Å². The average Bonchev–Trinajstić information content (AvgIpc) is 3.53. The third-order valence-electron chi connectivity index (χ3n) is 5.85. The number of hydrogen-bond donors (Lipinski definition) is 1. The van der Waals surface area contributed by atoms with Gasteiger partial charge in [-0.2, -0.15) is 0 Å². The molecule has 1 N–H and O–H groups in total. The molecule has 1 fully saturated rings. The first kappa shape index (κ1) is 20.9. The minimum atomic E-state index is -3.56. The molecule has 1 heterocycles. The summed E-state index contributed by atoms with van der Waals surface area (Å²) in [6, 6.07) is 15.3. The van der Waals surface area contributed by atoms with Crippen molar-refractivity contribution >= 4 is 27.3 Å². The Hall–Kier alpha value is -2.38. The normalized spacial score (nSPS) is 15.8. The second-order valence-corrected chi connectivity index (χ2v) is 9.74. The number of carbonyl (C=O) groups is 1. The molecule has 2 aromatic rings. The van der Waals surface area contributed by atoms with Gasteiger partial charge in [0.2, 0.25) is 15.9 Å². The van der Waals surface area contributed by atoms with Gasteiger partial charge in [0.1, 0.15) is 0 Å². The second-order valence-electron chi connectivity index (χ2n) is 7.97. The van der Waals surface area contributed by atoms with Crippen LogP contribution in [0.15, 0.2) is 53.4 Å². The fourth-order valence-corrected chi connectivity index (χ4v) is 5.12. The average molecular weight is 428 g/mol. The van der Waals surface area contributed by atoms with Gasteiger partial charge in [0.25, 0.3) is 0 Å². The van der Waals surface area contributed by atoms with Gasteiger partial charge in [0.15, 0.2) is 0 Å². The third-order valence-corrected chi connectivity index (χ3v) is 7.31.